The monoisotopic (exact) mass is 330 g/mol. The second-order valence-corrected chi connectivity index (χ2v) is 7.31. The summed E-state index contributed by atoms with van der Waals surface area (Å²) in [5.41, 5.74) is 2.87. The van der Waals surface area contributed by atoms with Gasteiger partial charge in [-0.2, -0.15) is 0 Å². The first kappa shape index (κ1) is 17.0. The average Bonchev–Trinajstić information content (AvgIpc) is 3.28. The number of carbonyl (C=O) groups is 2. The van der Waals surface area contributed by atoms with Gasteiger partial charge < -0.3 is 10.4 Å². The summed E-state index contributed by atoms with van der Waals surface area (Å²) in [4.78, 5) is 25.6. The molecule has 2 saturated carbocycles. The van der Waals surface area contributed by atoms with E-state index in [0.29, 0.717) is 5.92 Å². The maximum atomic E-state index is 12.4. The second kappa shape index (κ2) is 6.93. The molecule has 0 aromatic heterocycles. The molecule has 2 N–H and O–H groups in total. The quantitative estimate of drug-likeness (QED) is 0.805. The van der Waals surface area contributed by atoms with Crippen LogP contribution in [0.3, 0.4) is 0 Å². The summed E-state index contributed by atoms with van der Waals surface area (Å²) in [6, 6.07) is 6.21. The number of aryl methyl sites for hydroxylation is 1. The van der Waals surface area contributed by atoms with Crippen molar-refractivity contribution in [3.63, 3.8) is 0 Å². The van der Waals surface area contributed by atoms with Crippen molar-refractivity contribution in [3.05, 3.63) is 34.9 Å². The predicted octanol–water partition coefficient (Wildman–Crippen LogP) is 2.36. The minimum absolute atomic E-state index is 0.0216. The number of carboxylic acids is 1. The number of carbonyl (C=O) groups excluding carboxylic acids is 1. The van der Waals surface area contributed by atoms with E-state index >= 15 is 0 Å². The molecule has 1 aromatic carbocycles. The topological polar surface area (TPSA) is 69.6 Å². The molecule has 2 fully saturated rings. The molecule has 2 aliphatic carbocycles. The Morgan fingerprint density at radius 3 is 2.58 bits per heavy atom. The van der Waals surface area contributed by atoms with Gasteiger partial charge in [0.1, 0.15) is 0 Å². The molecule has 0 bridgehead atoms. The van der Waals surface area contributed by atoms with Gasteiger partial charge in [-0.3, -0.25) is 14.5 Å². The third-order valence-corrected chi connectivity index (χ3v) is 5.34. The third-order valence-electron chi connectivity index (χ3n) is 5.34. The van der Waals surface area contributed by atoms with Crippen LogP contribution in [-0.2, 0) is 4.79 Å². The standard InChI is InChI=1S/C19H26N2O3/c1-12-4-3-5-17(13(12)2)19(24)20-15-8-16(9-15)21(11-18(22)23)10-14-6-7-14/h3-5,14-16H,6-11H2,1-2H3,(H,20,24)(H,22,23). The van der Waals surface area contributed by atoms with Crippen molar-refractivity contribution in [1.82, 2.24) is 10.2 Å². The molecule has 2 aliphatic rings. The maximum Gasteiger partial charge on any atom is 0.317 e. The van der Waals surface area contributed by atoms with E-state index in [0.717, 1.165) is 36.1 Å². The van der Waals surface area contributed by atoms with E-state index in [2.05, 4.69) is 10.2 Å². The van der Waals surface area contributed by atoms with E-state index in [1.165, 1.54) is 12.8 Å². The number of carboxylic acid groups (broad SMARTS) is 1. The smallest absolute Gasteiger partial charge is 0.317 e. The molecule has 1 amide bonds. The van der Waals surface area contributed by atoms with Gasteiger partial charge in [0.2, 0.25) is 0 Å². The number of rotatable bonds is 7. The fourth-order valence-corrected chi connectivity index (χ4v) is 3.41. The Bertz CT molecular complexity index is 633. The Labute approximate surface area is 143 Å². The Morgan fingerprint density at radius 1 is 1.25 bits per heavy atom. The summed E-state index contributed by atoms with van der Waals surface area (Å²) in [5.74, 6) is -0.113. The highest BCUT2D eigenvalue weighted by Crippen LogP contribution is 2.33. The summed E-state index contributed by atoms with van der Waals surface area (Å²) in [6.07, 6.45) is 4.12. The van der Waals surface area contributed by atoms with Gasteiger partial charge in [-0.1, -0.05) is 12.1 Å². The molecule has 1 aromatic rings. The minimum atomic E-state index is -0.765. The summed E-state index contributed by atoms with van der Waals surface area (Å²) >= 11 is 0. The third kappa shape index (κ3) is 3.96. The predicted molar refractivity (Wildman–Crippen MR) is 92.1 cm³/mol. The fraction of sp³-hybridized carbons (Fsp3) is 0.579. The lowest BCUT2D eigenvalue weighted by Gasteiger charge is -2.42. The van der Waals surface area contributed by atoms with E-state index in [9.17, 15) is 9.59 Å². The van der Waals surface area contributed by atoms with Crippen LogP contribution >= 0.6 is 0 Å². The molecule has 5 nitrogen and oxygen atoms in total. The Balaban J connectivity index is 1.52. The van der Waals surface area contributed by atoms with Gasteiger partial charge in [0.15, 0.2) is 0 Å². The van der Waals surface area contributed by atoms with E-state index in [1.54, 1.807) is 0 Å². The van der Waals surface area contributed by atoms with Crippen LogP contribution in [0, 0.1) is 19.8 Å². The van der Waals surface area contributed by atoms with E-state index in [1.807, 2.05) is 32.0 Å². The van der Waals surface area contributed by atoms with Gasteiger partial charge in [-0.15, -0.1) is 0 Å². The van der Waals surface area contributed by atoms with Gasteiger partial charge in [0.05, 0.1) is 6.54 Å². The molecule has 5 heteroatoms. The molecule has 0 saturated heterocycles. The van der Waals surface area contributed by atoms with Gasteiger partial charge in [0.25, 0.3) is 5.91 Å². The van der Waals surface area contributed by atoms with Crippen molar-refractivity contribution in [2.75, 3.05) is 13.1 Å². The van der Waals surface area contributed by atoms with Crippen molar-refractivity contribution in [2.24, 2.45) is 5.92 Å². The Hall–Kier alpha value is -1.88. The molecular formula is C19H26N2O3. The number of aliphatic carboxylic acids is 1. The molecule has 0 aliphatic heterocycles. The minimum Gasteiger partial charge on any atom is -0.480 e. The fourth-order valence-electron chi connectivity index (χ4n) is 3.41. The van der Waals surface area contributed by atoms with Crippen molar-refractivity contribution in [3.8, 4) is 0 Å². The molecule has 0 heterocycles. The maximum absolute atomic E-state index is 12.4. The largest absolute Gasteiger partial charge is 0.480 e. The lowest BCUT2D eigenvalue weighted by atomic mass is 9.84. The highest BCUT2D eigenvalue weighted by Gasteiger charge is 2.37. The number of hydrogen-bond acceptors (Lipinski definition) is 3. The summed E-state index contributed by atoms with van der Waals surface area (Å²) in [5, 5.41) is 12.2. The average molecular weight is 330 g/mol. The normalized spacial score (nSPS) is 23.0. The number of amides is 1. The molecule has 0 unspecified atom stereocenters. The van der Waals surface area contributed by atoms with Crippen molar-refractivity contribution in [1.29, 1.82) is 0 Å². The molecule has 130 valence electrons. The Kier molecular flexibility index (Phi) is 4.90. The van der Waals surface area contributed by atoms with Crippen LogP contribution in [-0.4, -0.2) is 47.1 Å². The van der Waals surface area contributed by atoms with Gasteiger partial charge in [-0.25, -0.2) is 0 Å². The lowest BCUT2D eigenvalue weighted by Crippen LogP contribution is -2.55. The van der Waals surface area contributed by atoms with E-state index in [4.69, 9.17) is 5.11 Å². The first-order valence-electron chi connectivity index (χ1n) is 8.77. The van der Waals surface area contributed by atoms with Crippen LogP contribution in [0.2, 0.25) is 0 Å². The highest BCUT2D eigenvalue weighted by atomic mass is 16.4. The van der Waals surface area contributed by atoms with Gasteiger partial charge in [-0.05, 0) is 62.6 Å². The highest BCUT2D eigenvalue weighted by molar-refractivity contribution is 5.96. The zero-order valence-corrected chi connectivity index (χ0v) is 14.4. The lowest BCUT2D eigenvalue weighted by molar-refractivity contribution is -0.139. The van der Waals surface area contributed by atoms with Crippen LogP contribution < -0.4 is 5.32 Å². The zero-order valence-electron chi connectivity index (χ0n) is 14.4. The first-order valence-corrected chi connectivity index (χ1v) is 8.77. The number of nitrogens with zero attached hydrogens (tertiary/aromatic N) is 1. The van der Waals surface area contributed by atoms with Crippen molar-refractivity contribution >= 4 is 11.9 Å². The molecule has 3 rings (SSSR count). The van der Waals surface area contributed by atoms with Crippen LogP contribution in [0.5, 0.6) is 0 Å². The molecule has 0 atom stereocenters. The molecule has 0 radical (unpaired) electrons. The number of benzene rings is 1. The van der Waals surface area contributed by atoms with Crippen LogP contribution in [0.1, 0.15) is 47.2 Å². The van der Waals surface area contributed by atoms with Crippen LogP contribution in [0.25, 0.3) is 0 Å². The molecule has 24 heavy (non-hydrogen) atoms. The van der Waals surface area contributed by atoms with Crippen LogP contribution in [0.4, 0.5) is 0 Å². The Morgan fingerprint density at radius 2 is 1.96 bits per heavy atom. The number of nitrogens with one attached hydrogen (secondary N) is 1. The summed E-state index contributed by atoms with van der Waals surface area (Å²) in [6.45, 7) is 4.97. The van der Waals surface area contributed by atoms with Gasteiger partial charge >= 0.3 is 5.97 Å². The van der Waals surface area contributed by atoms with Crippen molar-refractivity contribution < 1.29 is 14.7 Å². The van der Waals surface area contributed by atoms with E-state index < -0.39 is 5.97 Å². The van der Waals surface area contributed by atoms with Crippen LogP contribution in [0.15, 0.2) is 18.2 Å². The molecular weight excluding hydrogens is 304 g/mol. The SMILES string of the molecule is Cc1cccc(C(=O)NC2CC(N(CC(=O)O)CC3CC3)C2)c1C. The first-order chi connectivity index (χ1) is 11.4. The van der Waals surface area contributed by atoms with Gasteiger partial charge in [0, 0.05) is 24.2 Å². The zero-order chi connectivity index (χ0) is 17.3. The second-order valence-electron chi connectivity index (χ2n) is 7.31. The number of hydrogen-bond donors (Lipinski definition) is 2. The summed E-state index contributed by atoms with van der Waals surface area (Å²) < 4.78 is 0. The summed E-state index contributed by atoms with van der Waals surface area (Å²) in [7, 11) is 0. The van der Waals surface area contributed by atoms with Crippen molar-refractivity contribution in [2.45, 2.75) is 51.6 Å². The molecule has 0 spiro atoms. The van der Waals surface area contributed by atoms with E-state index in [-0.39, 0.29) is 24.5 Å².